The summed E-state index contributed by atoms with van der Waals surface area (Å²) in [5.74, 6) is -0.415. The number of benzene rings is 2. The first kappa shape index (κ1) is 23.7. The van der Waals surface area contributed by atoms with E-state index < -0.39 is 11.8 Å². The molecule has 2 N–H and O–H groups in total. The minimum absolute atomic E-state index is 0.0308. The molecular formula is C23H26BrN3O5. The Kier molecular flexibility index (Phi) is 9.06. The smallest absolute Gasteiger partial charge is 0.329 e. The van der Waals surface area contributed by atoms with Gasteiger partial charge in [0.2, 0.25) is 0 Å². The standard InChI is InChI=1S/C23H26BrN3O5/c1-2-30-21-12-17(7-10-20(21)32-15-16-5-8-18(24)9-6-16)13-26-27-23(29)22(28)25-14-19-4-3-11-31-19/h5-10,12-13,19H,2-4,11,14-15H2,1H3,(H,25,28)(H,27,29)/b26-13-/t19-/m1/s1. The van der Waals surface area contributed by atoms with Gasteiger partial charge in [0.25, 0.3) is 0 Å². The molecule has 0 unspecified atom stereocenters. The predicted molar refractivity (Wildman–Crippen MR) is 124 cm³/mol. The fraction of sp³-hybridized carbons (Fsp3) is 0.348. The number of nitrogens with one attached hydrogen (secondary N) is 2. The van der Waals surface area contributed by atoms with Crippen LogP contribution in [0.15, 0.2) is 52.0 Å². The summed E-state index contributed by atoms with van der Waals surface area (Å²) in [6, 6.07) is 13.2. The van der Waals surface area contributed by atoms with Crippen LogP contribution in [0.25, 0.3) is 0 Å². The predicted octanol–water partition coefficient (Wildman–Crippen LogP) is 3.17. The van der Waals surface area contributed by atoms with Gasteiger partial charge in [-0.2, -0.15) is 5.10 Å². The van der Waals surface area contributed by atoms with Gasteiger partial charge < -0.3 is 19.5 Å². The van der Waals surface area contributed by atoms with Crippen LogP contribution in [0.1, 0.15) is 30.9 Å². The van der Waals surface area contributed by atoms with Crippen molar-refractivity contribution in [2.45, 2.75) is 32.5 Å². The Morgan fingerprint density at radius 3 is 2.69 bits per heavy atom. The highest BCUT2D eigenvalue weighted by Gasteiger charge is 2.19. The highest BCUT2D eigenvalue weighted by atomic mass is 79.9. The molecule has 1 fully saturated rings. The van der Waals surface area contributed by atoms with E-state index in [4.69, 9.17) is 14.2 Å². The molecular weight excluding hydrogens is 478 g/mol. The number of ether oxygens (including phenoxy) is 3. The van der Waals surface area contributed by atoms with Crippen molar-refractivity contribution in [2.24, 2.45) is 5.10 Å². The van der Waals surface area contributed by atoms with Crippen LogP contribution in [0.3, 0.4) is 0 Å². The summed E-state index contributed by atoms with van der Waals surface area (Å²) >= 11 is 3.41. The van der Waals surface area contributed by atoms with Crippen molar-refractivity contribution in [3.05, 3.63) is 58.1 Å². The first-order valence-electron chi connectivity index (χ1n) is 10.4. The molecule has 1 heterocycles. The number of rotatable bonds is 9. The molecule has 3 rings (SSSR count). The first-order chi connectivity index (χ1) is 15.5. The number of amides is 2. The Balaban J connectivity index is 1.53. The van der Waals surface area contributed by atoms with Gasteiger partial charge in [-0.25, -0.2) is 5.43 Å². The number of hydrogen-bond donors (Lipinski definition) is 2. The van der Waals surface area contributed by atoms with Crippen LogP contribution in [-0.4, -0.2) is 43.9 Å². The van der Waals surface area contributed by atoms with E-state index in [2.05, 4.69) is 31.8 Å². The van der Waals surface area contributed by atoms with Crippen LogP contribution in [0, 0.1) is 0 Å². The number of carbonyl (C=O) groups excluding carboxylic acids is 2. The van der Waals surface area contributed by atoms with Gasteiger partial charge >= 0.3 is 11.8 Å². The van der Waals surface area contributed by atoms with Gasteiger partial charge in [-0.15, -0.1) is 0 Å². The molecule has 9 heteroatoms. The van der Waals surface area contributed by atoms with E-state index in [0.717, 1.165) is 22.9 Å². The maximum Gasteiger partial charge on any atom is 0.329 e. The molecule has 0 radical (unpaired) electrons. The van der Waals surface area contributed by atoms with E-state index in [0.29, 0.717) is 43.4 Å². The van der Waals surface area contributed by atoms with Gasteiger partial charge in [0.15, 0.2) is 11.5 Å². The van der Waals surface area contributed by atoms with Gasteiger partial charge in [-0.1, -0.05) is 28.1 Å². The number of hydrogen-bond acceptors (Lipinski definition) is 6. The normalized spacial score (nSPS) is 15.5. The summed E-state index contributed by atoms with van der Waals surface area (Å²) in [7, 11) is 0. The molecule has 0 bridgehead atoms. The SMILES string of the molecule is CCOc1cc(/C=N\NC(=O)C(=O)NC[C@H]2CCCO2)ccc1OCc1ccc(Br)cc1. The van der Waals surface area contributed by atoms with Gasteiger partial charge in [-0.05, 0) is 61.2 Å². The summed E-state index contributed by atoms with van der Waals surface area (Å²) in [5, 5.41) is 6.41. The minimum atomic E-state index is -0.835. The maximum absolute atomic E-state index is 11.9. The van der Waals surface area contributed by atoms with Crippen LogP contribution in [0.4, 0.5) is 0 Å². The molecule has 2 aromatic carbocycles. The molecule has 2 amide bonds. The lowest BCUT2D eigenvalue weighted by molar-refractivity contribution is -0.139. The molecule has 1 aliphatic heterocycles. The molecule has 0 aromatic heterocycles. The van der Waals surface area contributed by atoms with Crippen LogP contribution in [0.2, 0.25) is 0 Å². The lowest BCUT2D eigenvalue weighted by Crippen LogP contribution is -2.41. The second-order valence-corrected chi connectivity index (χ2v) is 8.01. The third-order valence-electron chi connectivity index (χ3n) is 4.68. The van der Waals surface area contributed by atoms with Crippen molar-refractivity contribution < 1.29 is 23.8 Å². The average molecular weight is 504 g/mol. The average Bonchev–Trinajstić information content (AvgIpc) is 3.32. The fourth-order valence-electron chi connectivity index (χ4n) is 3.04. The Bertz CT molecular complexity index is 943. The third-order valence-corrected chi connectivity index (χ3v) is 5.20. The van der Waals surface area contributed by atoms with Crippen molar-refractivity contribution in [3.8, 4) is 11.5 Å². The van der Waals surface area contributed by atoms with E-state index in [9.17, 15) is 9.59 Å². The molecule has 8 nitrogen and oxygen atoms in total. The Hall–Kier alpha value is -2.91. The van der Waals surface area contributed by atoms with Crippen molar-refractivity contribution >= 4 is 34.0 Å². The second-order valence-electron chi connectivity index (χ2n) is 7.10. The van der Waals surface area contributed by atoms with E-state index in [-0.39, 0.29) is 6.10 Å². The van der Waals surface area contributed by atoms with Crippen LogP contribution < -0.4 is 20.2 Å². The van der Waals surface area contributed by atoms with Crippen molar-refractivity contribution in [1.29, 1.82) is 0 Å². The zero-order valence-electron chi connectivity index (χ0n) is 17.8. The molecule has 0 spiro atoms. The zero-order valence-corrected chi connectivity index (χ0v) is 19.4. The summed E-state index contributed by atoms with van der Waals surface area (Å²) in [5.41, 5.74) is 3.94. The molecule has 0 saturated carbocycles. The quantitative estimate of drug-likeness (QED) is 0.311. The molecule has 32 heavy (non-hydrogen) atoms. The highest BCUT2D eigenvalue weighted by Crippen LogP contribution is 2.29. The van der Waals surface area contributed by atoms with Crippen molar-refractivity contribution in [2.75, 3.05) is 19.8 Å². The van der Waals surface area contributed by atoms with E-state index in [1.54, 1.807) is 18.2 Å². The topological polar surface area (TPSA) is 98.2 Å². The Labute approximate surface area is 195 Å². The largest absolute Gasteiger partial charge is 0.490 e. The monoisotopic (exact) mass is 503 g/mol. The van der Waals surface area contributed by atoms with Crippen LogP contribution in [-0.2, 0) is 20.9 Å². The van der Waals surface area contributed by atoms with Gasteiger partial charge in [-0.3, -0.25) is 9.59 Å². The summed E-state index contributed by atoms with van der Waals surface area (Å²) in [4.78, 5) is 23.7. The second kappa shape index (κ2) is 12.2. The lowest BCUT2D eigenvalue weighted by Gasteiger charge is -2.12. The molecule has 1 atom stereocenters. The minimum Gasteiger partial charge on any atom is -0.490 e. The summed E-state index contributed by atoms with van der Waals surface area (Å²) in [6.45, 7) is 3.76. The fourth-order valence-corrected chi connectivity index (χ4v) is 3.31. The lowest BCUT2D eigenvalue weighted by atomic mass is 10.2. The Morgan fingerprint density at radius 1 is 1.16 bits per heavy atom. The van der Waals surface area contributed by atoms with E-state index >= 15 is 0 Å². The first-order valence-corrected chi connectivity index (χ1v) is 11.2. The number of hydrazone groups is 1. The number of carbonyl (C=O) groups is 2. The van der Waals surface area contributed by atoms with E-state index in [1.165, 1.54) is 6.21 Å². The zero-order chi connectivity index (χ0) is 22.8. The Morgan fingerprint density at radius 2 is 1.97 bits per heavy atom. The van der Waals surface area contributed by atoms with Crippen LogP contribution in [0.5, 0.6) is 11.5 Å². The van der Waals surface area contributed by atoms with Gasteiger partial charge in [0.1, 0.15) is 6.61 Å². The molecule has 1 saturated heterocycles. The van der Waals surface area contributed by atoms with E-state index in [1.807, 2.05) is 31.2 Å². The molecule has 1 aliphatic rings. The van der Waals surface area contributed by atoms with Crippen molar-refractivity contribution in [3.63, 3.8) is 0 Å². The summed E-state index contributed by atoms with van der Waals surface area (Å²) < 4.78 is 18.0. The number of halogens is 1. The third kappa shape index (κ3) is 7.35. The maximum atomic E-state index is 11.9. The summed E-state index contributed by atoms with van der Waals surface area (Å²) in [6.07, 6.45) is 3.25. The van der Waals surface area contributed by atoms with Crippen LogP contribution >= 0.6 is 15.9 Å². The highest BCUT2D eigenvalue weighted by molar-refractivity contribution is 9.10. The molecule has 0 aliphatic carbocycles. The molecule has 170 valence electrons. The molecule has 2 aromatic rings. The van der Waals surface area contributed by atoms with Crippen molar-refractivity contribution in [1.82, 2.24) is 10.7 Å². The van der Waals surface area contributed by atoms with Gasteiger partial charge in [0.05, 0.1) is 18.9 Å². The number of nitrogens with zero attached hydrogens (tertiary/aromatic N) is 1. The van der Waals surface area contributed by atoms with Gasteiger partial charge in [0, 0.05) is 17.6 Å².